The molecule has 0 aliphatic heterocycles. The highest BCUT2D eigenvalue weighted by molar-refractivity contribution is 6.06. The predicted octanol–water partition coefficient (Wildman–Crippen LogP) is 5.89. The molecule has 0 bridgehead atoms. The summed E-state index contributed by atoms with van der Waals surface area (Å²) in [5.41, 5.74) is 2.53. The Hall–Kier alpha value is -4.58. The number of nitrogens with one attached hydrogen (secondary N) is 2. The van der Waals surface area contributed by atoms with E-state index in [4.69, 9.17) is 9.47 Å². The van der Waals surface area contributed by atoms with Crippen LogP contribution in [0.1, 0.15) is 39.2 Å². The number of carbonyl (C=O) groups excluding carboxylic acids is 2. The first-order valence-electron chi connectivity index (χ1n) is 11.8. The molecule has 2 amide bonds. The van der Waals surface area contributed by atoms with E-state index in [1.807, 2.05) is 73.7 Å². The number of hydrogen-bond donors (Lipinski definition) is 2. The van der Waals surface area contributed by atoms with Crippen molar-refractivity contribution in [2.24, 2.45) is 0 Å². The SMILES string of the molecule is CC(NC(=O)c1ccc(NC(=O)c2ccccc2OCCOc2ccccc2)cc1)c1ccccc1. The van der Waals surface area contributed by atoms with Crippen LogP contribution in [0.4, 0.5) is 5.69 Å². The molecule has 4 rings (SSSR count). The van der Waals surface area contributed by atoms with E-state index < -0.39 is 0 Å². The average Bonchev–Trinajstić information content (AvgIpc) is 2.92. The molecule has 0 heterocycles. The van der Waals surface area contributed by atoms with E-state index >= 15 is 0 Å². The molecule has 0 saturated carbocycles. The first-order valence-corrected chi connectivity index (χ1v) is 11.8. The minimum absolute atomic E-state index is 0.118. The van der Waals surface area contributed by atoms with E-state index in [1.54, 1.807) is 42.5 Å². The van der Waals surface area contributed by atoms with E-state index in [9.17, 15) is 9.59 Å². The van der Waals surface area contributed by atoms with Crippen molar-refractivity contribution in [2.75, 3.05) is 18.5 Å². The molecule has 4 aromatic rings. The summed E-state index contributed by atoms with van der Waals surface area (Å²) in [4.78, 5) is 25.5. The van der Waals surface area contributed by atoms with E-state index in [0.29, 0.717) is 35.8 Å². The van der Waals surface area contributed by atoms with Gasteiger partial charge in [0.2, 0.25) is 0 Å². The monoisotopic (exact) mass is 480 g/mol. The van der Waals surface area contributed by atoms with Crippen LogP contribution >= 0.6 is 0 Å². The molecule has 6 nitrogen and oxygen atoms in total. The zero-order chi connectivity index (χ0) is 25.2. The smallest absolute Gasteiger partial charge is 0.259 e. The van der Waals surface area contributed by atoms with Crippen molar-refractivity contribution >= 4 is 17.5 Å². The number of anilines is 1. The molecule has 2 N–H and O–H groups in total. The summed E-state index contributed by atoms with van der Waals surface area (Å²) < 4.78 is 11.4. The highest BCUT2D eigenvalue weighted by atomic mass is 16.5. The summed E-state index contributed by atoms with van der Waals surface area (Å²) in [6, 6.07) is 33.0. The van der Waals surface area contributed by atoms with Crippen LogP contribution in [0.5, 0.6) is 11.5 Å². The largest absolute Gasteiger partial charge is 0.490 e. The van der Waals surface area contributed by atoms with Crippen LogP contribution in [0, 0.1) is 0 Å². The number of hydrogen-bond acceptors (Lipinski definition) is 4. The number of para-hydroxylation sites is 2. The topological polar surface area (TPSA) is 76.7 Å². The second-order valence-electron chi connectivity index (χ2n) is 8.14. The van der Waals surface area contributed by atoms with E-state index in [0.717, 1.165) is 11.3 Å². The van der Waals surface area contributed by atoms with Crippen molar-refractivity contribution in [3.63, 3.8) is 0 Å². The summed E-state index contributed by atoms with van der Waals surface area (Å²) in [6.45, 7) is 2.59. The Labute approximate surface area is 210 Å². The summed E-state index contributed by atoms with van der Waals surface area (Å²) in [5.74, 6) is 0.751. The Bertz CT molecular complexity index is 1280. The fourth-order valence-corrected chi connectivity index (χ4v) is 3.62. The van der Waals surface area contributed by atoms with Gasteiger partial charge in [-0.2, -0.15) is 0 Å². The van der Waals surface area contributed by atoms with Crippen LogP contribution in [-0.2, 0) is 0 Å². The van der Waals surface area contributed by atoms with Gasteiger partial charge >= 0.3 is 0 Å². The third-order valence-electron chi connectivity index (χ3n) is 5.54. The lowest BCUT2D eigenvalue weighted by Crippen LogP contribution is -2.26. The van der Waals surface area contributed by atoms with Crippen LogP contribution in [0.25, 0.3) is 0 Å². The second-order valence-corrected chi connectivity index (χ2v) is 8.14. The van der Waals surface area contributed by atoms with Crippen molar-refractivity contribution in [3.8, 4) is 11.5 Å². The third-order valence-corrected chi connectivity index (χ3v) is 5.54. The maximum absolute atomic E-state index is 12.9. The Morgan fingerprint density at radius 3 is 2.03 bits per heavy atom. The molecule has 4 aromatic carbocycles. The fourth-order valence-electron chi connectivity index (χ4n) is 3.62. The lowest BCUT2D eigenvalue weighted by atomic mass is 10.1. The molecule has 1 atom stereocenters. The van der Waals surface area contributed by atoms with E-state index in [-0.39, 0.29) is 17.9 Å². The van der Waals surface area contributed by atoms with Crippen molar-refractivity contribution in [2.45, 2.75) is 13.0 Å². The van der Waals surface area contributed by atoms with Gasteiger partial charge in [-0.25, -0.2) is 0 Å². The Morgan fingerprint density at radius 1 is 0.694 bits per heavy atom. The molecule has 0 saturated heterocycles. The van der Waals surface area contributed by atoms with Gasteiger partial charge in [-0.05, 0) is 61.0 Å². The highest BCUT2D eigenvalue weighted by Crippen LogP contribution is 2.21. The maximum Gasteiger partial charge on any atom is 0.259 e. The summed E-state index contributed by atoms with van der Waals surface area (Å²) in [6.07, 6.45) is 0. The Kier molecular flexibility index (Phi) is 8.33. The van der Waals surface area contributed by atoms with Crippen molar-refractivity contribution < 1.29 is 19.1 Å². The summed E-state index contributed by atoms with van der Waals surface area (Å²) in [5, 5.41) is 5.85. The standard InChI is InChI=1S/C30H28N2O4/c1-22(23-10-4-2-5-11-23)31-29(33)24-16-18-25(19-17-24)32-30(34)27-14-8-9-15-28(27)36-21-20-35-26-12-6-3-7-13-26/h2-19,22H,20-21H2,1H3,(H,31,33)(H,32,34). The van der Waals surface area contributed by atoms with Crippen LogP contribution in [0.3, 0.4) is 0 Å². The molecular formula is C30H28N2O4. The molecule has 6 heteroatoms. The molecule has 0 radical (unpaired) electrons. The lowest BCUT2D eigenvalue weighted by molar-refractivity contribution is 0.0939. The molecule has 182 valence electrons. The minimum atomic E-state index is -0.301. The second kappa shape index (κ2) is 12.2. The van der Waals surface area contributed by atoms with Gasteiger partial charge in [0, 0.05) is 11.3 Å². The first-order chi connectivity index (χ1) is 17.6. The van der Waals surface area contributed by atoms with Crippen LogP contribution in [-0.4, -0.2) is 25.0 Å². The Morgan fingerprint density at radius 2 is 1.31 bits per heavy atom. The number of amides is 2. The summed E-state index contributed by atoms with van der Waals surface area (Å²) in [7, 11) is 0. The molecule has 0 aromatic heterocycles. The molecule has 0 aliphatic carbocycles. The van der Waals surface area contributed by atoms with Gasteiger partial charge in [-0.15, -0.1) is 0 Å². The van der Waals surface area contributed by atoms with Crippen molar-refractivity contribution in [1.29, 1.82) is 0 Å². The van der Waals surface area contributed by atoms with Gasteiger partial charge in [0.1, 0.15) is 24.7 Å². The van der Waals surface area contributed by atoms with Gasteiger partial charge in [0.05, 0.1) is 11.6 Å². The average molecular weight is 481 g/mol. The quantitative estimate of drug-likeness (QED) is 0.278. The number of ether oxygens (including phenoxy) is 2. The zero-order valence-electron chi connectivity index (χ0n) is 20.0. The van der Waals surface area contributed by atoms with Gasteiger partial charge in [0.25, 0.3) is 11.8 Å². The van der Waals surface area contributed by atoms with Gasteiger partial charge in [-0.3, -0.25) is 9.59 Å². The first kappa shape index (κ1) is 24.5. The number of benzene rings is 4. The molecular weight excluding hydrogens is 452 g/mol. The fraction of sp³-hybridized carbons (Fsp3) is 0.133. The van der Waals surface area contributed by atoms with E-state index in [1.165, 1.54) is 0 Å². The number of rotatable bonds is 10. The third kappa shape index (κ3) is 6.73. The molecule has 0 fully saturated rings. The molecule has 36 heavy (non-hydrogen) atoms. The van der Waals surface area contributed by atoms with Crippen LogP contribution in [0.15, 0.2) is 109 Å². The van der Waals surface area contributed by atoms with Gasteiger partial charge < -0.3 is 20.1 Å². The van der Waals surface area contributed by atoms with Gasteiger partial charge in [0.15, 0.2) is 0 Å². The van der Waals surface area contributed by atoms with Crippen molar-refractivity contribution in [3.05, 3.63) is 126 Å². The molecule has 1 unspecified atom stereocenters. The lowest BCUT2D eigenvalue weighted by Gasteiger charge is -2.15. The van der Waals surface area contributed by atoms with Gasteiger partial charge in [-0.1, -0.05) is 60.7 Å². The van der Waals surface area contributed by atoms with Crippen LogP contribution in [0.2, 0.25) is 0 Å². The Balaban J connectivity index is 1.31. The number of carbonyl (C=O) groups is 2. The maximum atomic E-state index is 12.9. The minimum Gasteiger partial charge on any atom is -0.490 e. The van der Waals surface area contributed by atoms with Crippen molar-refractivity contribution in [1.82, 2.24) is 5.32 Å². The molecule has 0 aliphatic rings. The predicted molar refractivity (Wildman–Crippen MR) is 141 cm³/mol. The normalized spacial score (nSPS) is 11.2. The zero-order valence-corrected chi connectivity index (χ0v) is 20.0. The highest BCUT2D eigenvalue weighted by Gasteiger charge is 2.14. The van der Waals surface area contributed by atoms with E-state index in [2.05, 4.69) is 10.6 Å². The summed E-state index contributed by atoms with van der Waals surface area (Å²) >= 11 is 0. The van der Waals surface area contributed by atoms with Crippen LogP contribution < -0.4 is 20.1 Å². The molecule has 0 spiro atoms.